The molecule has 0 spiro atoms. The van der Waals surface area contributed by atoms with Gasteiger partial charge in [0, 0.05) is 17.9 Å². The van der Waals surface area contributed by atoms with Crippen LogP contribution in [0.2, 0.25) is 0 Å². The molecule has 4 N–H and O–H groups in total. The summed E-state index contributed by atoms with van der Waals surface area (Å²) in [7, 11) is 0. The second kappa shape index (κ2) is 8.30. The van der Waals surface area contributed by atoms with E-state index in [0.29, 0.717) is 5.92 Å². The van der Waals surface area contributed by atoms with E-state index in [1.165, 1.54) is 0 Å². The molecule has 1 fully saturated rings. The lowest BCUT2D eigenvalue weighted by Gasteiger charge is -2.34. The van der Waals surface area contributed by atoms with Crippen LogP contribution in [0.3, 0.4) is 0 Å². The zero-order valence-corrected chi connectivity index (χ0v) is 14.6. The maximum absolute atomic E-state index is 12.0. The first-order chi connectivity index (χ1) is 10.4. The number of nitrogens with two attached hydrogens (primary N) is 1. The van der Waals surface area contributed by atoms with Gasteiger partial charge in [-0.05, 0) is 38.3 Å². The van der Waals surface area contributed by atoms with Gasteiger partial charge in [-0.3, -0.25) is 15.2 Å². The second-order valence-corrected chi connectivity index (χ2v) is 6.53. The van der Waals surface area contributed by atoms with Crippen LogP contribution in [-0.4, -0.2) is 30.0 Å². The van der Waals surface area contributed by atoms with Gasteiger partial charge in [0.05, 0.1) is 6.04 Å². The van der Waals surface area contributed by atoms with Crippen LogP contribution >= 0.6 is 0 Å². The van der Waals surface area contributed by atoms with Crippen LogP contribution in [0.25, 0.3) is 0 Å². The van der Waals surface area contributed by atoms with Crippen LogP contribution in [0, 0.1) is 29.1 Å². The van der Waals surface area contributed by atoms with E-state index in [1.54, 1.807) is 6.92 Å². The Morgan fingerprint density at radius 1 is 1.45 bits per heavy atom. The van der Waals surface area contributed by atoms with Gasteiger partial charge in [0.15, 0.2) is 5.96 Å². The summed E-state index contributed by atoms with van der Waals surface area (Å²) in [6.07, 6.45) is 4.76. The Morgan fingerprint density at radius 3 is 2.45 bits per heavy atom. The number of carbonyl (C=O) groups excluding carboxylic acids is 1. The van der Waals surface area contributed by atoms with Crippen molar-refractivity contribution in [1.82, 2.24) is 5.32 Å². The van der Waals surface area contributed by atoms with E-state index in [0.717, 1.165) is 19.3 Å². The van der Waals surface area contributed by atoms with Crippen molar-refractivity contribution in [3.63, 3.8) is 0 Å². The van der Waals surface area contributed by atoms with Gasteiger partial charge in [0.2, 0.25) is 0 Å². The number of nitrogens with one attached hydrogen (secondary N) is 2. The molecule has 5 atom stereocenters. The van der Waals surface area contributed by atoms with Crippen molar-refractivity contribution in [2.75, 3.05) is 0 Å². The maximum atomic E-state index is 12.0. The molecule has 1 aliphatic carbocycles. The van der Waals surface area contributed by atoms with Gasteiger partial charge in [0.1, 0.15) is 5.78 Å². The van der Waals surface area contributed by atoms with E-state index in [9.17, 15) is 4.79 Å². The molecule has 0 aromatic heterocycles. The first-order valence-corrected chi connectivity index (χ1v) is 8.46. The summed E-state index contributed by atoms with van der Waals surface area (Å²) >= 11 is 0. The van der Waals surface area contributed by atoms with Gasteiger partial charge in [0.25, 0.3) is 0 Å². The molecule has 0 radical (unpaired) electrons. The third-order valence-electron chi connectivity index (χ3n) is 5.32. The second-order valence-electron chi connectivity index (χ2n) is 6.53. The normalized spacial score (nSPS) is 29.9. The molecule has 1 unspecified atom stereocenters. The molecule has 5 nitrogen and oxygen atoms in total. The van der Waals surface area contributed by atoms with E-state index in [4.69, 9.17) is 16.1 Å². The molecular weight excluding hydrogens is 276 g/mol. The number of Topliss-reactive ketones (excluding diaryl/α,β-unsaturated/α-hetero) is 1. The average molecular weight is 308 g/mol. The minimum atomic E-state index is -0.0184. The predicted octanol–water partition coefficient (Wildman–Crippen LogP) is 2.59. The fourth-order valence-corrected chi connectivity index (χ4v) is 4.20. The summed E-state index contributed by atoms with van der Waals surface area (Å²) in [6.45, 7) is 10.2. The molecule has 0 aromatic carbocycles. The minimum absolute atomic E-state index is 0.0184. The SMILES string of the molecule is C/C=N/C(C(CC)CC)[C@@H]1[C@H](C)[C@@H](C(C)=O)C[C@H]1NC(=N)N. The van der Waals surface area contributed by atoms with E-state index in [2.05, 4.69) is 26.1 Å². The Labute approximate surface area is 134 Å². The van der Waals surface area contributed by atoms with Crippen LogP contribution in [-0.2, 0) is 4.79 Å². The zero-order valence-electron chi connectivity index (χ0n) is 14.6. The number of hydrogen-bond donors (Lipinski definition) is 3. The summed E-state index contributed by atoms with van der Waals surface area (Å²) in [5, 5.41) is 10.7. The van der Waals surface area contributed by atoms with E-state index < -0.39 is 0 Å². The van der Waals surface area contributed by atoms with Crippen molar-refractivity contribution in [3.8, 4) is 0 Å². The van der Waals surface area contributed by atoms with Crippen LogP contribution < -0.4 is 11.1 Å². The summed E-state index contributed by atoms with van der Waals surface area (Å²) in [5.41, 5.74) is 5.57. The van der Waals surface area contributed by atoms with Crippen molar-refractivity contribution < 1.29 is 4.79 Å². The summed E-state index contributed by atoms with van der Waals surface area (Å²) in [6, 6.07) is 0.229. The van der Waals surface area contributed by atoms with Gasteiger partial charge in [-0.25, -0.2) is 0 Å². The Balaban J connectivity index is 3.15. The molecule has 0 amide bonds. The lowest BCUT2D eigenvalue weighted by atomic mass is 9.77. The van der Waals surface area contributed by atoms with Crippen LogP contribution in [0.4, 0.5) is 0 Å². The molecule has 22 heavy (non-hydrogen) atoms. The van der Waals surface area contributed by atoms with Crippen molar-refractivity contribution in [2.24, 2.45) is 34.4 Å². The third kappa shape index (κ3) is 4.08. The standard InChI is InChI=1S/C17H32N4O/c1-6-12(7-2)16(20-8-3)15-10(4)13(11(5)22)9-14(15)21-17(18)19/h8,10,12-16H,6-7,9H2,1-5H3,(H4,18,19,21)/b20-8+/t10-,13+,14-,15-,16?/m1/s1. The van der Waals surface area contributed by atoms with Crippen molar-refractivity contribution in [2.45, 2.75) is 66.0 Å². The largest absolute Gasteiger partial charge is 0.370 e. The van der Waals surface area contributed by atoms with Gasteiger partial charge in [-0.15, -0.1) is 0 Å². The lowest BCUT2D eigenvalue weighted by molar-refractivity contribution is -0.121. The number of rotatable bonds is 7. The first-order valence-electron chi connectivity index (χ1n) is 8.46. The molecule has 0 aliphatic heterocycles. The molecule has 5 heteroatoms. The molecule has 126 valence electrons. The van der Waals surface area contributed by atoms with Crippen molar-refractivity contribution in [1.29, 1.82) is 5.41 Å². The predicted molar refractivity (Wildman–Crippen MR) is 92.3 cm³/mol. The topological polar surface area (TPSA) is 91.3 Å². The molecule has 0 bridgehead atoms. The Morgan fingerprint density at radius 2 is 2.05 bits per heavy atom. The van der Waals surface area contributed by atoms with Gasteiger partial charge >= 0.3 is 0 Å². The highest BCUT2D eigenvalue weighted by molar-refractivity contribution is 5.80. The molecule has 1 aliphatic rings. The minimum Gasteiger partial charge on any atom is -0.370 e. The summed E-state index contributed by atoms with van der Waals surface area (Å²) in [4.78, 5) is 16.7. The Bertz CT molecular complexity index is 417. The number of guanidine groups is 1. The number of hydrogen-bond acceptors (Lipinski definition) is 3. The van der Waals surface area contributed by atoms with Crippen LogP contribution in [0.5, 0.6) is 0 Å². The van der Waals surface area contributed by atoms with Crippen LogP contribution in [0.1, 0.15) is 53.9 Å². The van der Waals surface area contributed by atoms with Gasteiger partial charge in [-0.2, -0.15) is 0 Å². The quantitative estimate of drug-likeness (QED) is 0.498. The number of aliphatic imine (C=N–C) groups is 1. The smallest absolute Gasteiger partial charge is 0.185 e. The molecule has 1 saturated carbocycles. The highest BCUT2D eigenvalue weighted by Gasteiger charge is 2.47. The average Bonchev–Trinajstić information content (AvgIpc) is 2.75. The molecule has 0 aromatic rings. The number of ketones is 1. The van der Waals surface area contributed by atoms with Gasteiger partial charge in [-0.1, -0.05) is 33.6 Å². The highest BCUT2D eigenvalue weighted by Crippen LogP contribution is 2.43. The summed E-state index contributed by atoms with van der Waals surface area (Å²) < 4.78 is 0. The van der Waals surface area contributed by atoms with Crippen molar-refractivity contribution >= 4 is 18.0 Å². The van der Waals surface area contributed by atoms with Gasteiger partial charge < -0.3 is 11.1 Å². The first kappa shape index (κ1) is 18.7. The fourth-order valence-electron chi connectivity index (χ4n) is 4.20. The monoisotopic (exact) mass is 308 g/mol. The fraction of sp³-hybridized carbons (Fsp3) is 0.824. The Hall–Kier alpha value is -1.39. The molecule has 1 rings (SSSR count). The number of nitrogens with zero attached hydrogens (tertiary/aromatic N) is 1. The molecule has 0 saturated heterocycles. The highest BCUT2D eigenvalue weighted by atomic mass is 16.1. The van der Waals surface area contributed by atoms with E-state index in [-0.39, 0.29) is 41.6 Å². The third-order valence-corrected chi connectivity index (χ3v) is 5.32. The van der Waals surface area contributed by atoms with E-state index in [1.807, 2.05) is 13.1 Å². The van der Waals surface area contributed by atoms with Crippen molar-refractivity contribution in [3.05, 3.63) is 0 Å². The maximum Gasteiger partial charge on any atom is 0.185 e. The van der Waals surface area contributed by atoms with Crippen LogP contribution in [0.15, 0.2) is 4.99 Å². The lowest BCUT2D eigenvalue weighted by Crippen LogP contribution is -2.47. The zero-order chi connectivity index (χ0) is 16.9. The molecular formula is C17H32N4O. The summed E-state index contributed by atoms with van der Waals surface area (Å²) in [5.74, 6) is 1.23. The van der Waals surface area contributed by atoms with E-state index >= 15 is 0 Å². The molecule has 0 heterocycles. The number of carbonyl (C=O) groups is 1. The Kier molecular flexibility index (Phi) is 7.04.